The maximum atomic E-state index is 12.9. The highest BCUT2D eigenvalue weighted by Gasteiger charge is 2.18. The standard InChI is InChI=1S/C20H23N5O3S2.ClH/c1-4-14-17(27)22-20(25(18(14)28)13-8-6-5-7-9-13)29-11-15(26)21-19-24-23-16(30-19)10-12(2)3;/h5-9,12,27H,4,10-11H2,1-3H3,(H,21,24,26);1H. The van der Waals surface area contributed by atoms with Crippen LogP contribution in [-0.2, 0) is 17.6 Å². The summed E-state index contributed by atoms with van der Waals surface area (Å²) in [5.74, 6) is -0.139. The maximum Gasteiger partial charge on any atom is 0.265 e. The minimum absolute atomic E-state index is 0. The SMILES string of the molecule is CCc1c(O)nc(SCC(=O)Nc2nnc(CC(C)C)s2)n(-c2ccccc2)c1=O.Cl. The largest absolute Gasteiger partial charge is 0.493 e. The summed E-state index contributed by atoms with van der Waals surface area (Å²) in [7, 11) is 0. The number of aromatic hydroxyl groups is 1. The Labute approximate surface area is 194 Å². The number of nitrogens with one attached hydrogen (secondary N) is 1. The fourth-order valence-electron chi connectivity index (χ4n) is 2.76. The third kappa shape index (κ3) is 6.28. The van der Waals surface area contributed by atoms with Crippen molar-refractivity contribution in [3.8, 4) is 11.6 Å². The molecule has 0 saturated carbocycles. The Hall–Kier alpha value is -2.43. The van der Waals surface area contributed by atoms with Gasteiger partial charge in [0.1, 0.15) is 5.01 Å². The summed E-state index contributed by atoms with van der Waals surface area (Å²) in [5.41, 5.74) is 0.510. The molecule has 0 atom stereocenters. The van der Waals surface area contributed by atoms with E-state index in [4.69, 9.17) is 0 Å². The maximum absolute atomic E-state index is 12.9. The van der Waals surface area contributed by atoms with Crippen LogP contribution in [0, 0.1) is 5.92 Å². The van der Waals surface area contributed by atoms with E-state index in [9.17, 15) is 14.7 Å². The van der Waals surface area contributed by atoms with Crippen molar-refractivity contribution >= 4 is 46.5 Å². The number of halogens is 1. The molecule has 0 unspecified atom stereocenters. The van der Waals surface area contributed by atoms with Crippen molar-refractivity contribution in [2.75, 3.05) is 11.1 Å². The lowest BCUT2D eigenvalue weighted by atomic mass is 10.1. The molecule has 0 spiro atoms. The van der Waals surface area contributed by atoms with E-state index < -0.39 is 0 Å². The van der Waals surface area contributed by atoms with Crippen LogP contribution in [0.25, 0.3) is 5.69 Å². The molecule has 1 amide bonds. The molecule has 0 aliphatic rings. The van der Waals surface area contributed by atoms with Gasteiger partial charge in [-0.05, 0) is 24.5 Å². The average Bonchev–Trinajstić information content (AvgIpc) is 3.13. The molecule has 1 aromatic carbocycles. The van der Waals surface area contributed by atoms with E-state index in [2.05, 4.69) is 34.3 Å². The predicted molar refractivity (Wildman–Crippen MR) is 126 cm³/mol. The van der Waals surface area contributed by atoms with Crippen molar-refractivity contribution in [3.63, 3.8) is 0 Å². The Morgan fingerprint density at radius 3 is 2.61 bits per heavy atom. The second kappa shape index (κ2) is 11.3. The van der Waals surface area contributed by atoms with Gasteiger partial charge in [-0.2, -0.15) is 4.98 Å². The molecule has 8 nitrogen and oxygen atoms in total. The van der Waals surface area contributed by atoms with Crippen LogP contribution in [0.3, 0.4) is 0 Å². The monoisotopic (exact) mass is 481 g/mol. The number of hydrogen-bond acceptors (Lipinski definition) is 8. The summed E-state index contributed by atoms with van der Waals surface area (Å²) in [6.45, 7) is 5.97. The van der Waals surface area contributed by atoms with E-state index in [1.807, 2.05) is 18.2 Å². The Morgan fingerprint density at radius 1 is 1.26 bits per heavy atom. The van der Waals surface area contributed by atoms with Gasteiger partial charge < -0.3 is 5.11 Å². The number of anilines is 1. The van der Waals surface area contributed by atoms with Crippen molar-refractivity contribution in [1.82, 2.24) is 19.7 Å². The van der Waals surface area contributed by atoms with Crippen molar-refractivity contribution in [1.29, 1.82) is 0 Å². The molecular formula is C20H24ClN5O3S2. The van der Waals surface area contributed by atoms with Gasteiger partial charge >= 0.3 is 0 Å². The molecule has 2 heterocycles. The van der Waals surface area contributed by atoms with Gasteiger partial charge in [-0.3, -0.25) is 19.5 Å². The van der Waals surface area contributed by atoms with Gasteiger partial charge in [0, 0.05) is 6.42 Å². The number of amides is 1. The summed E-state index contributed by atoms with van der Waals surface area (Å²) < 4.78 is 1.42. The fraction of sp³-hybridized carbons (Fsp3) is 0.350. The number of nitrogens with zero attached hydrogens (tertiary/aromatic N) is 4. The number of thioether (sulfide) groups is 1. The topological polar surface area (TPSA) is 110 Å². The molecular weight excluding hydrogens is 458 g/mol. The van der Waals surface area contributed by atoms with E-state index in [0.29, 0.717) is 23.2 Å². The highest BCUT2D eigenvalue weighted by atomic mass is 35.5. The Balaban J connectivity index is 0.00000341. The first-order valence-electron chi connectivity index (χ1n) is 9.54. The smallest absolute Gasteiger partial charge is 0.265 e. The zero-order valence-electron chi connectivity index (χ0n) is 17.4. The normalized spacial score (nSPS) is 10.7. The molecule has 0 fully saturated rings. The fourth-order valence-corrected chi connectivity index (χ4v) is 4.53. The van der Waals surface area contributed by atoms with E-state index in [1.165, 1.54) is 15.9 Å². The first kappa shape index (κ1) is 24.8. The first-order valence-corrected chi connectivity index (χ1v) is 11.3. The lowest BCUT2D eigenvalue weighted by Gasteiger charge is -2.13. The number of benzene rings is 1. The van der Waals surface area contributed by atoms with E-state index in [0.717, 1.165) is 23.2 Å². The zero-order chi connectivity index (χ0) is 21.7. The second-order valence-electron chi connectivity index (χ2n) is 6.96. The van der Waals surface area contributed by atoms with Crippen LogP contribution in [0.1, 0.15) is 31.3 Å². The van der Waals surface area contributed by atoms with E-state index in [-0.39, 0.29) is 46.2 Å². The zero-order valence-corrected chi connectivity index (χ0v) is 19.8. The van der Waals surface area contributed by atoms with Gasteiger partial charge in [0.25, 0.3) is 5.56 Å². The van der Waals surface area contributed by atoms with E-state index >= 15 is 0 Å². The summed E-state index contributed by atoms with van der Waals surface area (Å²) in [4.78, 5) is 29.5. The molecule has 0 radical (unpaired) electrons. The Bertz CT molecular complexity index is 1090. The van der Waals surface area contributed by atoms with Crippen LogP contribution < -0.4 is 10.9 Å². The summed E-state index contributed by atoms with van der Waals surface area (Å²) in [5, 5.41) is 22.5. The highest BCUT2D eigenvalue weighted by molar-refractivity contribution is 7.99. The Kier molecular flexibility index (Phi) is 9.02. The molecule has 0 saturated heterocycles. The van der Waals surface area contributed by atoms with E-state index in [1.54, 1.807) is 19.1 Å². The summed E-state index contributed by atoms with van der Waals surface area (Å²) in [6, 6.07) is 9.03. The third-order valence-corrected chi connectivity index (χ3v) is 5.92. The van der Waals surface area contributed by atoms with Gasteiger partial charge in [-0.15, -0.1) is 22.6 Å². The van der Waals surface area contributed by atoms with Crippen molar-refractivity contribution in [2.45, 2.75) is 38.8 Å². The van der Waals surface area contributed by atoms with Gasteiger partial charge in [-0.1, -0.05) is 62.1 Å². The highest BCUT2D eigenvalue weighted by Crippen LogP contribution is 2.24. The second-order valence-corrected chi connectivity index (χ2v) is 8.97. The molecule has 166 valence electrons. The van der Waals surface area contributed by atoms with Crippen LogP contribution in [0.15, 0.2) is 40.3 Å². The predicted octanol–water partition coefficient (Wildman–Crippen LogP) is 3.70. The quantitative estimate of drug-likeness (QED) is 0.372. The molecule has 11 heteroatoms. The number of rotatable bonds is 8. The summed E-state index contributed by atoms with van der Waals surface area (Å²) in [6.07, 6.45) is 1.16. The lowest BCUT2D eigenvalue weighted by molar-refractivity contribution is -0.113. The number of hydrogen-bond donors (Lipinski definition) is 2. The first-order chi connectivity index (χ1) is 14.4. The van der Waals surface area contributed by atoms with Crippen LogP contribution in [0.4, 0.5) is 5.13 Å². The third-order valence-electron chi connectivity index (χ3n) is 4.12. The van der Waals surface area contributed by atoms with Crippen molar-refractivity contribution in [3.05, 3.63) is 51.3 Å². The van der Waals surface area contributed by atoms with Crippen LogP contribution >= 0.6 is 35.5 Å². The minimum Gasteiger partial charge on any atom is -0.493 e. The molecule has 0 aliphatic carbocycles. The van der Waals surface area contributed by atoms with Gasteiger partial charge in [0.05, 0.1) is 17.0 Å². The molecule has 2 N–H and O–H groups in total. The van der Waals surface area contributed by atoms with Crippen LogP contribution in [0.2, 0.25) is 0 Å². The minimum atomic E-state index is -0.346. The van der Waals surface area contributed by atoms with Crippen LogP contribution in [0.5, 0.6) is 5.88 Å². The van der Waals surface area contributed by atoms with Gasteiger partial charge in [0.15, 0.2) is 5.16 Å². The van der Waals surface area contributed by atoms with Crippen molar-refractivity contribution < 1.29 is 9.90 Å². The van der Waals surface area contributed by atoms with Gasteiger partial charge in [-0.25, -0.2) is 0 Å². The number of para-hydroxylation sites is 1. The number of carbonyl (C=O) groups is 1. The average molecular weight is 482 g/mol. The van der Waals surface area contributed by atoms with Gasteiger partial charge in [0.2, 0.25) is 16.9 Å². The van der Waals surface area contributed by atoms with Crippen molar-refractivity contribution in [2.24, 2.45) is 5.92 Å². The summed E-state index contributed by atoms with van der Waals surface area (Å²) >= 11 is 2.42. The molecule has 31 heavy (non-hydrogen) atoms. The molecule has 3 rings (SSSR count). The molecule has 3 aromatic rings. The number of carbonyl (C=O) groups excluding carboxylic acids is 1. The van der Waals surface area contributed by atoms with Crippen LogP contribution in [-0.4, -0.2) is 36.5 Å². The molecule has 2 aromatic heterocycles. The Morgan fingerprint density at radius 2 is 1.97 bits per heavy atom. The molecule has 0 bridgehead atoms. The number of aromatic nitrogens is 4. The lowest BCUT2D eigenvalue weighted by Crippen LogP contribution is -2.25. The molecule has 0 aliphatic heterocycles.